The molecule has 1 aromatic heterocycles. The number of aliphatic hydroxyl groups excluding tert-OH is 1. The van der Waals surface area contributed by atoms with Gasteiger partial charge in [-0.3, -0.25) is 4.79 Å². The van der Waals surface area contributed by atoms with Gasteiger partial charge in [0.15, 0.2) is 5.89 Å². The van der Waals surface area contributed by atoms with Crippen molar-refractivity contribution in [2.75, 3.05) is 19.7 Å². The lowest BCUT2D eigenvalue weighted by molar-refractivity contribution is -0.207. The van der Waals surface area contributed by atoms with Crippen molar-refractivity contribution in [1.82, 2.24) is 9.88 Å². The van der Waals surface area contributed by atoms with Gasteiger partial charge < -0.3 is 19.2 Å². The number of aryl methyl sites for hydroxylation is 2. The van der Waals surface area contributed by atoms with Crippen molar-refractivity contribution >= 4 is 5.91 Å². The van der Waals surface area contributed by atoms with Gasteiger partial charge in [0.2, 0.25) is 5.76 Å². The summed E-state index contributed by atoms with van der Waals surface area (Å²) in [4.78, 5) is 18.5. The average Bonchev–Trinajstić information content (AvgIpc) is 2.85. The molecule has 1 N–H and O–H groups in total. The van der Waals surface area contributed by atoms with Crippen LogP contribution < -0.4 is 0 Å². The van der Waals surface area contributed by atoms with Gasteiger partial charge in [0, 0.05) is 38.5 Å². The summed E-state index contributed by atoms with van der Waals surface area (Å²) < 4.78 is 11.2. The van der Waals surface area contributed by atoms with E-state index in [4.69, 9.17) is 9.15 Å². The van der Waals surface area contributed by atoms with Gasteiger partial charge in [-0.15, -0.1) is 0 Å². The number of hydrogen-bond donors (Lipinski definition) is 1. The minimum Gasteiger partial charge on any atom is -0.436 e. The van der Waals surface area contributed by atoms with Gasteiger partial charge >= 0.3 is 0 Å². The number of carbonyl (C=O) groups excluding carboxylic acids is 1. The van der Waals surface area contributed by atoms with E-state index in [2.05, 4.69) is 4.98 Å². The Balaban J connectivity index is 1.67. The van der Waals surface area contributed by atoms with Crippen LogP contribution in [0.25, 0.3) is 0 Å². The van der Waals surface area contributed by atoms with Crippen LogP contribution in [0.1, 0.15) is 48.3 Å². The van der Waals surface area contributed by atoms with Gasteiger partial charge in [0.05, 0.1) is 17.9 Å². The maximum absolute atomic E-state index is 12.5. The van der Waals surface area contributed by atoms with Crippen LogP contribution in [0.4, 0.5) is 0 Å². The van der Waals surface area contributed by atoms with E-state index in [1.165, 1.54) is 0 Å². The first-order valence-corrected chi connectivity index (χ1v) is 8.01. The molecular formula is C16H24N2O4. The van der Waals surface area contributed by atoms with Gasteiger partial charge in [-0.2, -0.15) is 0 Å². The van der Waals surface area contributed by atoms with E-state index < -0.39 is 0 Å². The van der Waals surface area contributed by atoms with Crippen molar-refractivity contribution in [3.63, 3.8) is 0 Å². The molecule has 2 aliphatic rings. The number of aliphatic hydroxyl groups is 1. The Morgan fingerprint density at radius 3 is 2.64 bits per heavy atom. The molecule has 1 aliphatic carbocycles. The number of nitrogens with zero attached hydrogens (tertiary/aromatic N) is 2. The zero-order valence-electron chi connectivity index (χ0n) is 13.5. The largest absolute Gasteiger partial charge is 0.436 e. The molecule has 2 atom stereocenters. The fourth-order valence-electron chi connectivity index (χ4n) is 3.82. The topological polar surface area (TPSA) is 75.8 Å². The normalized spacial score (nSPS) is 27.0. The summed E-state index contributed by atoms with van der Waals surface area (Å²) in [5.74, 6) is 0.749. The smallest absolute Gasteiger partial charge is 0.291 e. The number of piperidine rings is 1. The SMILES string of the molecule is CCO[C@H]1C[C@@H](O)C12CCN(C(=O)c1oc(C)nc1C)CC2. The highest BCUT2D eigenvalue weighted by molar-refractivity contribution is 5.92. The first-order valence-electron chi connectivity index (χ1n) is 8.01. The fourth-order valence-corrected chi connectivity index (χ4v) is 3.82. The van der Waals surface area contributed by atoms with Gasteiger partial charge in [-0.25, -0.2) is 4.98 Å². The van der Waals surface area contributed by atoms with Crippen LogP contribution in [0.3, 0.4) is 0 Å². The quantitative estimate of drug-likeness (QED) is 0.919. The van der Waals surface area contributed by atoms with E-state index in [0.29, 0.717) is 43.5 Å². The zero-order chi connectivity index (χ0) is 15.9. The third-order valence-electron chi connectivity index (χ3n) is 5.19. The molecule has 0 bridgehead atoms. The van der Waals surface area contributed by atoms with Crippen molar-refractivity contribution in [2.24, 2.45) is 5.41 Å². The van der Waals surface area contributed by atoms with Gasteiger partial charge in [0.1, 0.15) is 0 Å². The van der Waals surface area contributed by atoms with Gasteiger partial charge in [0.25, 0.3) is 5.91 Å². The highest BCUT2D eigenvalue weighted by Gasteiger charge is 2.56. The summed E-state index contributed by atoms with van der Waals surface area (Å²) >= 11 is 0. The second-order valence-electron chi connectivity index (χ2n) is 6.37. The van der Waals surface area contributed by atoms with E-state index in [0.717, 1.165) is 12.8 Å². The zero-order valence-corrected chi connectivity index (χ0v) is 13.5. The van der Waals surface area contributed by atoms with Crippen LogP contribution in [0.15, 0.2) is 4.42 Å². The summed E-state index contributed by atoms with van der Waals surface area (Å²) in [5, 5.41) is 10.2. The van der Waals surface area contributed by atoms with Gasteiger partial charge in [-0.05, 0) is 26.7 Å². The summed E-state index contributed by atoms with van der Waals surface area (Å²) in [6.45, 7) is 7.42. The minimum absolute atomic E-state index is 0.102. The Bertz CT molecular complexity index is 558. The molecule has 6 heteroatoms. The second-order valence-corrected chi connectivity index (χ2v) is 6.37. The van der Waals surface area contributed by atoms with Crippen molar-refractivity contribution in [2.45, 2.75) is 52.2 Å². The van der Waals surface area contributed by atoms with Crippen molar-refractivity contribution in [3.8, 4) is 0 Å². The molecule has 0 radical (unpaired) electrons. The molecular weight excluding hydrogens is 284 g/mol. The number of oxazole rings is 1. The minimum atomic E-state index is -0.310. The van der Waals surface area contributed by atoms with Crippen LogP contribution in [-0.2, 0) is 4.74 Å². The van der Waals surface area contributed by atoms with E-state index in [1.54, 1.807) is 18.7 Å². The van der Waals surface area contributed by atoms with E-state index in [1.807, 2.05) is 6.92 Å². The Labute approximate surface area is 130 Å². The van der Waals surface area contributed by atoms with Crippen LogP contribution in [0.5, 0.6) is 0 Å². The standard InChI is InChI=1S/C16H24N2O4/c1-4-21-13-9-12(19)16(13)5-7-18(8-6-16)15(20)14-10(2)17-11(3)22-14/h12-13,19H,4-9H2,1-3H3/t12-,13+/m1/s1. The summed E-state index contributed by atoms with van der Waals surface area (Å²) in [7, 11) is 0. The molecule has 2 heterocycles. The molecule has 2 fully saturated rings. The number of carbonyl (C=O) groups is 1. The first-order chi connectivity index (χ1) is 10.5. The molecule has 3 rings (SSSR count). The number of aromatic nitrogens is 1. The second kappa shape index (κ2) is 5.66. The van der Waals surface area contributed by atoms with Crippen molar-refractivity contribution in [3.05, 3.63) is 17.3 Å². The average molecular weight is 308 g/mol. The number of rotatable bonds is 3. The van der Waals surface area contributed by atoms with Crippen molar-refractivity contribution < 1.29 is 19.1 Å². The highest BCUT2D eigenvalue weighted by Crippen LogP contribution is 2.51. The van der Waals surface area contributed by atoms with Crippen LogP contribution in [0, 0.1) is 19.3 Å². The molecule has 1 amide bonds. The van der Waals surface area contributed by atoms with Crippen molar-refractivity contribution in [1.29, 1.82) is 0 Å². The highest BCUT2D eigenvalue weighted by atomic mass is 16.5. The molecule has 1 spiro atoms. The molecule has 1 aromatic rings. The lowest BCUT2D eigenvalue weighted by Gasteiger charge is -2.56. The lowest BCUT2D eigenvalue weighted by Crippen LogP contribution is -2.62. The maximum Gasteiger partial charge on any atom is 0.291 e. The molecule has 122 valence electrons. The van der Waals surface area contributed by atoms with E-state index in [9.17, 15) is 9.90 Å². The number of hydrogen-bond acceptors (Lipinski definition) is 5. The van der Waals surface area contributed by atoms with E-state index in [-0.39, 0.29) is 23.5 Å². The molecule has 1 aliphatic heterocycles. The number of amides is 1. The Morgan fingerprint density at radius 1 is 1.45 bits per heavy atom. The Morgan fingerprint density at radius 2 is 2.14 bits per heavy atom. The Hall–Kier alpha value is -1.40. The molecule has 1 saturated heterocycles. The molecule has 0 unspecified atom stereocenters. The molecule has 6 nitrogen and oxygen atoms in total. The summed E-state index contributed by atoms with van der Waals surface area (Å²) in [6.07, 6.45) is 2.07. The molecule has 22 heavy (non-hydrogen) atoms. The van der Waals surface area contributed by atoms with Crippen LogP contribution >= 0.6 is 0 Å². The fraction of sp³-hybridized carbons (Fsp3) is 0.750. The third kappa shape index (κ3) is 2.34. The summed E-state index contributed by atoms with van der Waals surface area (Å²) in [6, 6.07) is 0. The first kappa shape index (κ1) is 15.5. The monoisotopic (exact) mass is 308 g/mol. The maximum atomic E-state index is 12.5. The lowest BCUT2D eigenvalue weighted by atomic mass is 9.58. The van der Waals surface area contributed by atoms with Gasteiger partial charge in [-0.1, -0.05) is 0 Å². The Kier molecular flexibility index (Phi) is 3.99. The molecule has 1 saturated carbocycles. The molecule has 0 aromatic carbocycles. The third-order valence-corrected chi connectivity index (χ3v) is 5.19. The predicted molar refractivity (Wildman–Crippen MR) is 79.6 cm³/mol. The number of ether oxygens (including phenoxy) is 1. The predicted octanol–water partition coefficient (Wildman–Crippen LogP) is 1.68. The number of likely N-dealkylation sites (tertiary alicyclic amines) is 1. The summed E-state index contributed by atoms with van der Waals surface area (Å²) in [5.41, 5.74) is 0.470. The van der Waals surface area contributed by atoms with Crippen LogP contribution in [0.2, 0.25) is 0 Å². The van der Waals surface area contributed by atoms with E-state index >= 15 is 0 Å². The van der Waals surface area contributed by atoms with Crippen LogP contribution in [-0.4, -0.2) is 52.8 Å².